The molecule has 1 rings (SSSR count). The number of methoxy groups -OCH3 is 1. The molecule has 0 aromatic carbocycles. The topological polar surface area (TPSA) is 24.5 Å². The second-order valence-corrected chi connectivity index (χ2v) is 3.74. The number of likely N-dealkylation sites (tertiary alicyclic amines) is 1. The lowest BCUT2D eigenvalue weighted by Gasteiger charge is -2.35. The fraction of sp³-hybridized carbons (Fsp3) is 1.00. The maximum atomic E-state index is 5.11. The van der Waals surface area contributed by atoms with Crippen molar-refractivity contribution >= 4 is 0 Å². The van der Waals surface area contributed by atoms with E-state index in [9.17, 15) is 0 Å². The molecule has 0 saturated carbocycles. The summed E-state index contributed by atoms with van der Waals surface area (Å²) in [6, 6.07) is 0.730. The Kier molecular flexibility index (Phi) is 5.35. The van der Waals surface area contributed by atoms with Gasteiger partial charge in [-0.2, -0.15) is 0 Å². The number of likely N-dealkylation sites (N-methyl/N-ethyl adjacent to an activating group) is 1. The number of nitrogens with zero attached hydrogens (tertiary/aromatic N) is 1. The zero-order valence-electron chi connectivity index (χ0n) is 8.88. The summed E-state index contributed by atoms with van der Waals surface area (Å²) in [5, 5.41) is 3.26. The quantitative estimate of drug-likeness (QED) is 0.684. The van der Waals surface area contributed by atoms with Crippen LogP contribution in [0, 0.1) is 0 Å². The molecular formula is C10H22N2O. The van der Waals surface area contributed by atoms with Crippen molar-refractivity contribution in [2.24, 2.45) is 0 Å². The molecule has 0 bridgehead atoms. The van der Waals surface area contributed by atoms with Crippen LogP contribution in [0.5, 0.6) is 0 Å². The van der Waals surface area contributed by atoms with Crippen molar-refractivity contribution in [3.8, 4) is 0 Å². The molecule has 1 N–H and O–H groups in total. The van der Waals surface area contributed by atoms with Crippen LogP contribution >= 0.6 is 0 Å². The molecule has 1 heterocycles. The molecule has 0 aromatic heterocycles. The summed E-state index contributed by atoms with van der Waals surface area (Å²) < 4.78 is 5.11. The Hall–Kier alpha value is -0.120. The molecule has 3 heteroatoms. The van der Waals surface area contributed by atoms with Gasteiger partial charge in [0, 0.05) is 26.2 Å². The number of rotatable bonds is 5. The summed E-state index contributed by atoms with van der Waals surface area (Å²) in [7, 11) is 3.81. The fourth-order valence-corrected chi connectivity index (χ4v) is 2.03. The summed E-state index contributed by atoms with van der Waals surface area (Å²) in [4.78, 5) is 2.55. The van der Waals surface area contributed by atoms with Gasteiger partial charge < -0.3 is 10.1 Å². The van der Waals surface area contributed by atoms with Gasteiger partial charge in [-0.05, 0) is 26.4 Å². The Bertz CT molecular complexity index is 128. The highest BCUT2D eigenvalue weighted by molar-refractivity contribution is 4.77. The number of ether oxygens (including phenoxy) is 1. The lowest BCUT2D eigenvalue weighted by molar-refractivity contribution is 0.0963. The van der Waals surface area contributed by atoms with Crippen LogP contribution in [0.3, 0.4) is 0 Å². The largest absolute Gasteiger partial charge is 0.383 e. The predicted molar refractivity (Wildman–Crippen MR) is 55.0 cm³/mol. The van der Waals surface area contributed by atoms with Crippen molar-refractivity contribution < 1.29 is 4.74 Å². The minimum Gasteiger partial charge on any atom is -0.383 e. The van der Waals surface area contributed by atoms with Crippen molar-refractivity contribution in [1.82, 2.24) is 10.2 Å². The van der Waals surface area contributed by atoms with E-state index in [0.29, 0.717) is 0 Å². The van der Waals surface area contributed by atoms with E-state index in [1.165, 1.54) is 25.8 Å². The Balaban J connectivity index is 2.28. The summed E-state index contributed by atoms with van der Waals surface area (Å²) in [5.41, 5.74) is 0. The number of hydrogen-bond donors (Lipinski definition) is 1. The zero-order chi connectivity index (χ0) is 9.52. The molecule has 0 amide bonds. The van der Waals surface area contributed by atoms with E-state index in [0.717, 1.165) is 25.7 Å². The average Bonchev–Trinajstić information content (AvgIpc) is 2.17. The van der Waals surface area contributed by atoms with Crippen LogP contribution in [0.1, 0.15) is 19.3 Å². The van der Waals surface area contributed by atoms with E-state index in [1.807, 2.05) is 7.05 Å². The average molecular weight is 186 g/mol. The highest BCUT2D eigenvalue weighted by Gasteiger charge is 2.20. The Morgan fingerprint density at radius 1 is 1.46 bits per heavy atom. The molecule has 13 heavy (non-hydrogen) atoms. The van der Waals surface area contributed by atoms with Gasteiger partial charge >= 0.3 is 0 Å². The first-order valence-corrected chi connectivity index (χ1v) is 5.26. The lowest BCUT2D eigenvalue weighted by atomic mass is 10.0. The molecule has 1 atom stereocenters. The minimum absolute atomic E-state index is 0.730. The van der Waals surface area contributed by atoms with E-state index < -0.39 is 0 Å². The SMILES string of the molecule is CNCC1CCCCN1CCOC. The van der Waals surface area contributed by atoms with E-state index >= 15 is 0 Å². The first-order valence-electron chi connectivity index (χ1n) is 5.26. The summed E-state index contributed by atoms with van der Waals surface area (Å²) >= 11 is 0. The predicted octanol–water partition coefficient (Wildman–Crippen LogP) is 0.707. The standard InChI is InChI=1S/C10H22N2O/c1-11-9-10-5-3-4-6-12(10)7-8-13-2/h10-11H,3-9H2,1-2H3. The van der Waals surface area contributed by atoms with Crippen molar-refractivity contribution in [1.29, 1.82) is 0 Å². The first kappa shape index (κ1) is 11.0. The molecule has 1 aliphatic heterocycles. The normalized spacial score (nSPS) is 24.9. The van der Waals surface area contributed by atoms with Gasteiger partial charge in [-0.15, -0.1) is 0 Å². The molecule has 0 radical (unpaired) electrons. The third-order valence-electron chi connectivity index (χ3n) is 2.77. The second kappa shape index (κ2) is 6.35. The molecule has 1 unspecified atom stereocenters. The zero-order valence-corrected chi connectivity index (χ0v) is 8.88. The van der Waals surface area contributed by atoms with Gasteiger partial charge in [0.05, 0.1) is 6.61 Å². The summed E-state index contributed by atoms with van der Waals surface area (Å²) in [5.74, 6) is 0. The van der Waals surface area contributed by atoms with E-state index in [-0.39, 0.29) is 0 Å². The first-order chi connectivity index (χ1) is 6.38. The van der Waals surface area contributed by atoms with Crippen LogP contribution in [-0.2, 0) is 4.74 Å². The molecule has 1 saturated heterocycles. The highest BCUT2D eigenvalue weighted by atomic mass is 16.5. The molecule has 0 aromatic rings. The Labute approximate surface area is 81.4 Å². The fourth-order valence-electron chi connectivity index (χ4n) is 2.03. The van der Waals surface area contributed by atoms with Gasteiger partial charge in [-0.25, -0.2) is 0 Å². The van der Waals surface area contributed by atoms with E-state index in [1.54, 1.807) is 7.11 Å². The van der Waals surface area contributed by atoms with Crippen molar-refractivity contribution in [2.75, 3.05) is 40.4 Å². The Morgan fingerprint density at radius 2 is 2.31 bits per heavy atom. The van der Waals surface area contributed by atoms with Gasteiger partial charge in [0.15, 0.2) is 0 Å². The number of piperidine rings is 1. The third-order valence-corrected chi connectivity index (χ3v) is 2.77. The van der Waals surface area contributed by atoms with Gasteiger partial charge in [0.25, 0.3) is 0 Å². The van der Waals surface area contributed by atoms with Crippen LogP contribution < -0.4 is 5.32 Å². The van der Waals surface area contributed by atoms with Crippen molar-refractivity contribution in [3.63, 3.8) is 0 Å². The van der Waals surface area contributed by atoms with Crippen LogP contribution in [0.25, 0.3) is 0 Å². The number of nitrogens with one attached hydrogen (secondary N) is 1. The monoisotopic (exact) mass is 186 g/mol. The molecule has 0 spiro atoms. The molecule has 3 nitrogen and oxygen atoms in total. The van der Waals surface area contributed by atoms with Crippen LogP contribution in [0.15, 0.2) is 0 Å². The maximum Gasteiger partial charge on any atom is 0.0589 e. The highest BCUT2D eigenvalue weighted by Crippen LogP contribution is 2.15. The molecule has 0 aliphatic carbocycles. The van der Waals surface area contributed by atoms with Gasteiger partial charge in [-0.1, -0.05) is 6.42 Å². The molecule has 78 valence electrons. The molecule has 1 aliphatic rings. The smallest absolute Gasteiger partial charge is 0.0589 e. The van der Waals surface area contributed by atoms with Gasteiger partial charge in [0.1, 0.15) is 0 Å². The summed E-state index contributed by atoms with van der Waals surface area (Å²) in [6.07, 6.45) is 4.07. The van der Waals surface area contributed by atoms with Gasteiger partial charge in [0.2, 0.25) is 0 Å². The summed E-state index contributed by atoms with van der Waals surface area (Å²) in [6.45, 7) is 4.31. The van der Waals surface area contributed by atoms with Crippen LogP contribution in [0.4, 0.5) is 0 Å². The van der Waals surface area contributed by atoms with Crippen molar-refractivity contribution in [2.45, 2.75) is 25.3 Å². The number of hydrogen-bond acceptors (Lipinski definition) is 3. The lowest BCUT2D eigenvalue weighted by Crippen LogP contribution is -2.46. The van der Waals surface area contributed by atoms with Crippen LogP contribution in [-0.4, -0.2) is 51.3 Å². The Morgan fingerprint density at radius 3 is 3.00 bits per heavy atom. The van der Waals surface area contributed by atoms with E-state index in [2.05, 4.69) is 10.2 Å². The van der Waals surface area contributed by atoms with Gasteiger partial charge in [-0.3, -0.25) is 4.90 Å². The second-order valence-electron chi connectivity index (χ2n) is 3.74. The van der Waals surface area contributed by atoms with Crippen LogP contribution in [0.2, 0.25) is 0 Å². The van der Waals surface area contributed by atoms with E-state index in [4.69, 9.17) is 4.74 Å². The maximum absolute atomic E-state index is 5.11. The van der Waals surface area contributed by atoms with Crippen molar-refractivity contribution in [3.05, 3.63) is 0 Å². The molecule has 1 fully saturated rings. The third kappa shape index (κ3) is 3.63. The minimum atomic E-state index is 0.730. The molecular weight excluding hydrogens is 164 g/mol.